The molecule has 2 saturated carbocycles. The maximum absolute atomic E-state index is 13.0. The van der Waals surface area contributed by atoms with E-state index in [1.54, 1.807) is 0 Å². The molecule has 2 aliphatic carbocycles. The maximum Gasteiger partial charge on any atom is 0.165 e. The summed E-state index contributed by atoms with van der Waals surface area (Å²) in [6.45, 7) is 9.19. The third-order valence-electron chi connectivity index (χ3n) is 5.58. The Bertz CT molecular complexity index is 396. The molecule has 0 aromatic carbocycles. The van der Waals surface area contributed by atoms with E-state index in [4.69, 9.17) is 0 Å². The van der Waals surface area contributed by atoms with Gasteiger partial charge in [-0.25, -0.2) is 0 Å². The van der Waals surface area contributed by atoms with Gasteiger partial charge in [0.2, 0.25) is 0 Å². The van der Waals surface area contributed by atoms with Crippen molar-refractivity contribution in [2.24, 2.45) is 16.7 Å². The fourth-order valence-corrected chi connectivity index (χ4v) is 5.38. The van der Waals surface area contributed by atoms with Gasteiger partial charge in [-0.1, -0.05) is 40.5 Å². The first kappa shape index (κ1) is 16.1. The van der Waals surface area contributed by atoms with Crippen LogP contribution in [0.1, 0.15) is 72.6 Å². The highest BCUT2D eigenvalue weighted by Gasteiger charge is 2.53. The molecule has 0 spiro atoms. The molecular weight excluding hydrogens is 264 g/mol. The van der Waals surface area contributed by atoms with Gasteiger partial charge in [0, 0.05) is 11.0 Å². The minimum absolute atomic E-state index is 0.0862. The molecule has 0 heterocycles. The first-order valence-electron chi connectivity index (χ1n) is 8.27. The Kier molecular flexibility index (Phi) is 5.05. The molecule has 2 heteroatoms. The van der Waals surface area contributed by atoms with Crippen molar-refractivity contribution in [2.75, 3.05) is 5.75 Å². The normalized spacial score (nSPS) is 35.1. The molecular formula is C18H30OS. The third kappa shape index (κ3) is 3.00. The number of allylic oxidation sites excluding steroid dienone is 1. The molecule has 1 nitrogen and oxygen atoms in total. The summed E-state index contributed by atoms with van der Waals surface area (Å²) >= 11 is 1.84. The van der Waals surface area contributed by atoms with E-state index in [-0.39, 0.29) is 5.41 Å². The Balaban J connectivity index is 2.11. The topological polar surface area (TPSA) is 17.1 Å². The number of carbonyl (C=O) groups is 1. The van der Waals surface area contributed by atoms with Crippen LogP contribution < -0.4 is 0 Å². The van der Waals surface area contributed by atoms with Gasteiger partial charge in [-0.2, -0.15) is 0 Å². The van der Waals surface area contributed by atoms with E-state index in [2.05, 4.69) is 33.1 Å². The summed E-state index contributed by atoms with van der Waals surface area (Å²) in [6, 6.07) is 0. The second kappa shape index (κ2) is 6.25. The van der Waals surface area contributed by atoms with Crippen LogP contribution in [0.5, 0.6) is 0 Å². The predicted octanol–water partition coefficient (Wildman–Crippen LogP) is 5.60. The van der Waals surface area contributed by atoms with E-state index in [0.29, 0.717) is 17.1 Å². The van der Waals surface area contributed by atoms with Crippen molar-refractivity contribution in [3.05, 3.63) is 11.0 Å². The van der Waals surface area contributed by atoms with E-state index in [0.717, 1.165) is 24.2 Å². The molecule has 0 bridgehead atoms. The largest absolute Gasteiger partial charge is 0.294 e. The number of hydrogen-bond acceptors (Lipinski definition) is 2. The zero-order valence-corrected chi connectivity index (χ0v) is 14.4. The average molecular weight is 295 g/mol. The molecule has 0 aliphatic heterocycles. The number of Topliss-reactive ketones (excluding diaryl/α,β-unsaturated/α-hetero) is 1. The summed E-state index contributed by atoms with van der Waals surface area (Å²) in [5, 5.41) is 2.18. The molecule has 2 aliphatic rings. The molecule has 0 aromatic rings. The summed E-state index contributed by atoms with van der Waals surface area (Å²) in [4.78, 5) is 13.0. The molecule has 0 N–H and O–H groups in total. The summed E-state index contributed by atoms with van der Waals surface area (Å²) < 4.78 is 0. The number of thioether (sulfide) groups is 1. The summed E-state index contributed by atoms with van der Waals surface area (Å²) in [5.74, 6) is 2.19. The zero-order chi connectivity index (χ0) is 14.8. The van der Waals surface area contributed by atoms with Crippen LogP contribution in [0.3, 0.4) is 0 Å². The molecule has 2 fully saturated rings. The number of fused-ring (bicyclic) bond motifs is 1. The van der Waals surface area contributed by atoms with Gasteiger partial charge < -0.3 is 0 Å². The lowest BCUT2D eigenvalue weighted by Gasteiger charge is -2.52. The lowest BCUT2D eigenvalue weighted by molar-refractivity contribution is -0.137. The van der Waals surface area contributed by atoms with Crippen LogP contribution in [0, 0.1) is 16.7 Å². The Morgan fingerprint density at radius 1 is 1.30 bits per heavy atom. The van der Waals surface area contributed by atoms with Crippen molar-refractivity contribution in [3.8, 4) is 0 Å². The molecule has 114 valence electrons. The van der Waals surface area contributed by atoms with Gasteiger partial charge >= 0.3 is 0 Å². The molecule has 2 atom stereocenters. The SMILES string of the molecule is CCCCS/C=C1/CC[C@@H]2C(C)(C)CCC[C@]2(C)C1=O. The lowest BCUT2D eigenvalue weighted by atomic mass is 9.51. The standard InChI is InChI=1S/C18H30OS/c1-5-6-12-20-13-14-8-9-15-17(2,3)10-7-11-18(15,4)16(14)19/h13,15H,5-12H2,1-4H3/b14-13-/t15-,18+/m1/s1. The second-order valence-electron chi connectivity index (χ2n) is 7.55. The number of rotatable bonds is 4. The zero-order valence-electron chi connectivity index (χ0n) is 13.6. The maximum atomic E-state index is 13.0. The third-order valence-corrected chi connectivity index (χ3v) is 6.56. The van der Waals surface area contributed by atoms with Gasteiger partial charge in [0.1, 0.15) is 0 Å². The number of ketones is 1. The van der Waals surface area contributed by atoms with Crippen LogP contribution in [0.25, 0.3) is 0 Å². The number of unbranched alkanes of at least 4 members (excludes halogenated alkanes) is 1. The molecule has 0 saturated heterocycles. The van der Waals surface area contributed by atoms with Crippen LogP contribution in [0.2, 0.25) is 0 Å². The predicted molar refractivity (Wildman–Crippen MR) is 88.9 cm³/mol. The first-order valence-corrected chi connectivity index (χ1v) is 9.32. The van der Waals surface area contributed by atoms with Crippen LogP contribution in [-0.2, 0) is 4.79 Å². The smallest absolute Gasteiger partial charge is 0.165 e. The minimum atomic E-state index is -0.0862. The van der Waals surface area contributed by atoms with Crippen molar-refractivity contribution in [2.45, 2.75) is 72.6 Å². The highest BCUT2D eigenvalue weighted by molar-refractivity contribution is 8.02. The summed E-state index contributed by atoms with van der Waals surface area (Å²) in [7, 11) is 0. The van der Waals surface area contributed by atoms with E-state index in [9.17, 15) is 4.79 Å². The Hall–Kier alpha value is -0.240. The Morgan fingerprint density at radius 3 is 2.75 bits per heavy atom. The Morgan fingerprint density at radius 2 is 2.05 bits per heavy atom. The molecule has 20 heavy (non-hydrogen) atoms. The van der Waals surface area contributed by atoms with Crippen molar-refractivity contribution in [1.82, 2.24) is 0 Å². The Labute approximate surface area is 129 Å². The van der Waals surface area contributed by atoms with Crippen LogP contribution in [0.4, 0.5) is 0 Å². The van der Waals surface area contributed by atoms with Crippen molar-refractivity contribution >= 4 is 17.5 Å². The quantitative estimate of drug-likeness (QED) is 0.496. The van der Waals surface area contributed by atoms with E-state index >= 15 is 0 Å². The van der Waals surface area contributed by atoms with Crippen molar-refractivity contribution in [1.29, 1.82) is 0 Å². The minimum Gasteiger partial charge on any atom is -0.294 e. The van der Waals surface area contributed by atoms with Gasteiger partial charge in [-0.3, -0.25) is 4.79 Å². The van der Waals surface area contributed by atoms with Crippen LogP contribution in [-0.4, -0.2) is 11.5 Å². The number of hydrogen-bond donors (Lipinski definition) is 0. The fourth-order valence-electron chi connectivity index (χ4n) is 4.38. The number of carbonyl (C=O) groups excluding carboxylic acids is 1. The first-order chi connectivity index (χ1) is 9.42. The fraction of sp³-hybridized carbons (Fsp3) is 0.833. The van der Waals surface area contributed by atoms with E-state index in [1.165, 1.54) is 32.1 Å². The van der Waals surface area contributed by atoms with Gasteiger partial charge in [-0.15, -0.1) is 11.8 Å². The van der Waals surface area contributed by atoms with Crippen molar-refractivity contribution in [3.63, 3.8) is 0 Å². The van der Waals surface area contributed by atoms with Gasteiger partial charge in [0.25, 0.3) is 0 Å². The summed E-state index contributed by atoms with van der Waals surface area (Å²) in [5.41, 5.74) is 1.36. The molecule has 0 radical (unpaired) electrons. The monoisotopic (exact) mass is 294 g/mol. The van der Waals surface area contributed by atoms with Crippen molar-refractivity contribution < 1.29 is 4.79 Å². The van der Waals surface area contributed by atoms with E-state index in [1.807, 2.05) is 11.8 Å². The lowest BCUT2D eigenvalue weighted by Crippen LogP contribution is -2.49. The van der Waals surface area contributed by atoms with Crippen LogP contribution in [0.15, 0.2) is 11.0 Å². The molecule has 0 amide bonds. The summed E-state index contributed by atoms with van der Waals surface area (Å²) in [6.07, 6.45) is 8.27. The average Bonchev–Trinajstić information content (AvgIpc) is 2.38. The van der Waals surface area contributed by atoms with Gasteiger partial charge in [-0.05, 0) is 54.6 Å². The highest BCUT2D eigenvalue weighted by Crippen LogP contribution is 2.57. The molecule has 0 unspecified atom stereocenters. The highest BCUT2D eigenvalue weighted by atomic mass is 32.2. The second-order valence-corrected chi connectivity index (χ2v) is 8.52. The molecule has 2 rings (SSSR count). The van der Waals surface area contributed by atoms with Gasteiger partial charge in [0.05, 0.1) is 0 Å². The van der Waals surface area contributed by atoms with Gasteiger partial charge in [0.15, 0.2) is 5.78 Å². The van der Waals surface area contributed by atoms with Crippen LogP contribution >= 0.6 is 11.8 Å². The molecule has 0 aromatic heterocycles. The van der Waals surface area contributed by atoms with E-state index < -0.39 is 0 Å².